The molecule has 16 heteroatoms. The first-order valence-electron chi connectivity index (χ1n) is 36.0. The summed E-state index contributed by atoms with van der Waals surface area (Å²) in [5, 5.41) is 20.7. The lowest BCUT2D eigenvalue weighted by atomic mass is 9.73. The molecule has 16 nitrogen and oxygen atoms in total. The van der Waals surface area contributed by atoms with Crippen molar-refractivity contribution < 1.29 is 43.3 Å². The molecule has 3 atom stereocenters. The normalized spacial score (nSPS) is 19.5. The van der Waals surface area contributed by atoms with Crippen LogP contribution in [0.3, 0.4) is 0 Å². The van der Waals surface area contributed by atoms with Crippen molar-refractivity contribution in [3.63, 3.8) is 0 Å². The van der Waals surface area contributed by atoms with Gasteiger partial charge in [-0.05, 0) is 227 Å². The highest BCUT2D eigenvalue weighted by Gasteiger charge is 2.51. The van der Waals surface area contributed by atoms with Gasteiger partial charge < -0.3 is 45.0 Å². The van der Waals surface area contributed by atoms with Crippen molar-refractivity contribution in [2.45, 2.75) is 191 Å². The molecule has 3 unspecified atom stereocenters. The Bertz CT molecular complexity index is 4490. The zero-order valence-electron chi connectivity index (χ0n) is 59.8. The molecule has 524 valence electrons. The minimum atomic E-state index is -0.756. The number of para-hydroxylation sites is 2. The number of H-pyrrole nitrogens is 2. The summed E-state index contributed by atoms with van der Waals surface area (Å²) >= 11 is 0. The van der Waals surface area contributed by atoms with Crippen molar-refractivity contribution >= 4 is 79.9 Å². The molecular formula is C84H99N7O9. The summed E-state index contributed by atoms with van der Waals surface area (Å²) in [6.07, 6.45) is 8.30. The summed E-state index contributed by atoms with van der Waals surface area (Å²) in [7, 11) is 0. The molecule has 0 radical (unpaired) electrons. The number of carbonyl (C=O) groups excluding carboxylic acids is 5. The second-order valence-electron chi connectivity index (χ2n) is 31.4. The Labute approximate surface area is 587 Å². The topological polar surface area (TPSA) is 206 Å². The van der Waals surface area contributed by atoms with Crippen LogP contribution in [-0.2, 0) is 46.6 Å². The number of benzene rings is 7. The fourth-order valence-electron chi connectivity index (χ4n) is 16.8. The highest BCUT2D eigenvalue weighted by Crippen LogP contribution is 2.55. The van der Waals surface area contributed by atoms with E-state index in [-0.39, 0.29) is 64.2 Å². The lowest BCUT2D eigenvalue weighted by Gasteiger charge is -2.40. The number of ether oxygens (including phenoxy) is 2. The van der Waals surface area contributed by atoms with Crippen LogP contribution in [-0.4, -0.2) is 129 Å². The molecule has 100 heavy (non-hydrogen) atoms. The van der Waals surface area contributed by atoms with Crippen LogP contribution in [0.5, 0.6) is 0 Å². The summed E-state index contributed by atoms with van der Waals surface area (Å²) in [5.74, 6) is -1.01. The lowest BCUT2D eigenvalue weighted by molar-refractivity contribution is -0.139. The van der Waals surface area contributed by atoms with Crippen molar-refractivity contribution in [1.82, 2.24) is 35.3 Å². The fourth-order valence-corrected chi connectivity index (χ4v) is 16.8. The number of aromatic amines is 2. The van der Waals surface area contributed by atoms with Crippen molar-refractivity contribution in [2.75, 3.05) is 39.3 Å². The van der Waals surface area contributed by atoms with Crippen LogP contribution in [0.1, 0.15) is 194 Å². The Morgan fingerprint density at radius 3 is 1.25 bits per heavy atom. The zero-order valence-corrected chi connectivity index (χ0v) is 59.8. The number of rotatable bonds is 8. The number of amides is 4. The number of carbonyl (C=O) groups is 6. The molecule has 3 spiro atoms. The number of hydrogen-bond acceptors (Lipinski definition) is 9. The van der Waals surface area contributed by atoms with Gasteiger partial charge in [-0.15, -0.1) is 0 Å². The Kier molecular flexibility index (Phi) is 20.3. The first-order chi connectivity index (χ1) is 47.7. The molecule has 15 rings (SSSR count). The highest BCUT2D eigenvalue weighted by molar-refractivity contribution is 6.09. The van der Waals surface area contributed by atoms with Gasteiger partial charge in [-0.2, -0.15) is 0 Å². The van der Waals surface area contributed by atoms with Gasteiger partial charge in [0, 0.05) is 105 Å². The van der Waals surface area contributed by atoms with Crippen LogP contribution < -0.4 is 10.6 Å². The number of aldehydes is 1. The highest BCUT2D eigenvalue weighted by atomic mass is 16.6. The molecule has 5 N–H and O–H groups in total. The van der Waals surface area contributed by atoms with Crippen molar-refractivity contribution in [2.24, 2.45) is 0 Å². The maximum Gasteiger partial charge on any atom is 0.410 e. The number of fused-ring (bicyclic) bond motifs is 12. The largest absolute Gasteiger partial charge is 0.481 e. The van der Waals surface area contributed by atoms with Gasteiger partial charge in [-0.25, -0.2) is 9.59 Å². The van der Waals surface area contributed by atoms with Gasteiger partial charge in [-0.3, -0.25) is 24.1 Å². The Balaban J connectivity index is 0.000000131. The molecule has 0 saturated carbocycles. The molecule has 2 aromatic heterocycles. The summed E-state index contributed by atoms with van der Waals surface area (Å²) in [5.41, 5.74) is 12.9. The van der Waals surface area contributed by atoms with E-state index in [1.807, 2.05) is 130 Å². The van der Waals surface area contributed by atoms with E-state index in [2.05, 4.69) is 123 Å². The summed E-state index contributed by atoms with van der Waals surface area (Å²) in [6.45, 7) is 25.0. The minimum absolute atomic E-state index is 0.0190. The van der Waals surface area contributed by atoms with E-state index >= 15 is 0 Å². The van der Waals surface area contributed by atoms with Gasteiger partial charge in [0.25, 0.3) is 0 Å². The van der Waals surface area contributed by atoms with Crippen LogP contribution in [0.2, 0.25) is 0 Å². The van der Waals surface area contributed by atoms with E-state index in [4.69, 9.17) is 9.47 Å². The molecule has 3 fully saturated rings. The van der Waals surface area contributed by atoms with Crippen LogP contribution in [0.4, 0.5) is 9.59 Å². The predicted octanol–water partition coefficient (Wildman–Crippen LogP) is 16.5. The molecule has 6 aliphatic rings. The van der Waals surface area contributed by atoms with Crippen LogP contribution in [0, 0.1) is 0 Å². The van der Waals surface area contributed by atoms with Gasteiger partial charge in [0.15, 0.2) is 0 Å². The zero-order chi connectivity index (χ0) is 70.9. The number of carboxylic acids is 1. The van der Waals surface area contributed by atoms with Crippen molar-refractivity contribution in [3.8, 4) is 0 Å². The second kappa shape index (κ2) is 28.8. The SMILES string of the molecule is CC(C)(C)OC(=O)N1CCC2(CC1)CC(C(=O)O)c1ccccc12.CC(C)NC(=O)C1CC2(CCN(C(=O)OC(C)(C)C)CC2)c2ccccc21.CC(C)NC(=O)C1CC2(CCN(Cc3ccc4[nH]c5ccccc5c4c3)CC2)c2ccccc21.O=Cc1ccc2[nH]c3ccccc3c2c1. The molecule has 3 aliphatic heterocycles. The first kappa shape index (κ1) is 70.6. The summed E-state index contributed by atoms with van der Waals surface area (Å²) in [6, 6.07) is 54.4. The molecule has 0 bridgehead atoms. The molecule has 5 heterocycles. The Hall–Kier alpha value is -9.28. The number of aromatic nitrogens is 2. The predicted molar refractivity (Wildman–Crippen MR) is 396 cm³/mol. The van der Waals surface area contributed by atoms with Gasteiger partial charge in [0.1, 0.15) is 17.5 Å². The average Bonchev–Trinajstić information content (AvgIpc) is 1.60. The van der Waals surface area contributed by atoms with Gasteiger partial charge in [-0.1, -0.05) is 115 Å². The third-order valence-corrected chi connectivity index (χ3v) is 21.5. The van der Waals surface area contributed by atoms with E-state index in [1.165, 1.54) is 44.1 Å². The van der Waals surface area contributed by atoms with Crippen LogP contribution in [0.25, 0.3) is 43.6 Å². The number of aliphatic carboxylic acids is 1. The molecule has 3 aliphatic carbocycles. The number of hydrogen-bond donors (Lipinski definition) is 5. The van der Waals surface area contributed by atoms with E-state index in [0.717, 1.165) is 116 Å². The van der Waals surface area contributed by atoms with E-state index in [1.54, 1.807) is 9.80 Å². The van der Waals surface area contributed by atoms with E-state index < -0.39 is 23.1 Å². The maximum absolute atomic E-state index is 13.0. The number of nitrogens with zero attached hydrogens (tertiary/aromatic N) is 3. The number of piperidine rings is 3. The smallest absolute Gasteiger partial charge is 0.410 e. The quantitative estimate of drug-likeness (QED) is 0.0910. The molecule has 4 amide bonds. The van der Waals surface area contributed by atoms with Gasteiger partial charge in [0.2, 0.25) is 11.8 Å². The molecular weight excluding hydrogens is 1250 g/mol. The van der Waals surface area contributed by atoms with Crippen molar-refractivity contribution in [1.29, 1.82) is 0 Å². The number of carboxylic acid groups (broad SMARTS) is 1. The van der Waals surface area contributed by atoms with E-state index in [0.29, 0.717) is 38.2 Å². The van der Waals surface area contributed by atoms with Crippen LogP contribution >= 0.6 is 0 Å². The Morgan fingerprint density at radius 1 is 0.480 bits per heavy atom. The average molecular weight is 1350 g/mol. The standard InChI is InChI=1S/C30H33N3O.C22H32N2O3.C19H25NO4.C13H9NO/c1-20(2)31-29(34)25-18-30(26-9-5-3-7-22(25)26)13-15-33(16-14-30)19-21-11-12-28-24(17-21)23-8-4-6-10-27(23)32-28;1-15(2)23-19(25)17-14-22(18-9-7-6-8-16(17)18)10-12-24(13-11-22)20(26)27-21(3,4)5;1-18(2,3)24-17(23)20-10-8-19(9-11-20)12-14(16(21)22)13-6-4-5-7-15(13)19;15-8-9-5-6-13-11(7-9)10-3-1-2-4-12(10)14-13/h3-12,17,20,25,32H,13-16,18-19H2,1-2H3,(H,31,34);6-9,15,17H,10-14H2,1-5H3,(H,23,25);4-7,14H,8-12H2,1-3H3,(H,21,22);1-8,14H. The van der Waals surface area contributed by atoms with Gasteiger partial charge in [0.05, 0.1) is 17.8 Å². The second-order valence-corrected chi connectivity index (χ2v) is 31.4. The fraction of sp³-hybridized carbons (Fsp3) is 0.429. The number of nitrogens with one attached hydrogen (secondary N) is 4. The Morgan fingerprint density at radius 2 is 0.840 bits per heavy atom. The first-order valence-corrected chi connectivity index (χ1v) is 36.0. The third-order valence-electron chi connectivity index (χ3n) is 21.5. The van der Waals surface area contributed by atoms with Crippen LogP contribution in [0.15, 0.2) is 158 Å². The molecule has 7 aromatic carbocycles. The summed E-state index contributed by atoms with van der Waals surface area (Å²) in [4.78, 5) is 85.7. The number of likely N-dealkylation sites (tertiary alicyclic amines) is 3. The molecule has 3 saturated heterocycles. The summed E-state index contributed by atoms with van der Waals surface area (Å²) < 4.78 is 11.0. The monoisotopic (exact) mass is 1350 g/mol. The van der Waals surface area contributed by atoms with Crippen molar-refractivity contribution in [3.05, 3.63) is 202 Å². The third kappa shape index (κ3) is 15.1. The lowest BCUT2D eigenvalue weighted by Crippen LogP contribution is -2.46. The van der Waals surface area contributed by atoms with E-state index in [9.17, 15) is 33.9 Å². The molecule has 9 aromatic rings. The van der Waals surface area contributed by atoms with Gasteiger partial charge >= 0.3 is 18.2 Å². The maximum atomic E-state index is 13.0. The minimum Gasteiger partial charge on any atom is -0.481 e.